The van der Waals surface area contributed by atoms with Crippen molar-refractivity contribution in [2.45, 2.75) is 19.4 Å². The summed E-state index contributed by atoms with van der Waals surface area (Å²) in [4.78, 5) is 23.6. The van der Waals surface area contributed by atoms with Gasteiger partial charge in [-0.2, -0.15) is 12.6 Å². The molecule has 120 valence electrons. The Balaban J connectivity index is 2.15. The van der Waals surface area contributed by atoms with Gasteiger partial charge in [-0.15, -0.1) is 0 Å². The number of carboxylic acids is 1. The van der Waals surface area contributed by atoms with Crippen LogP contribution in [0.5, 0.6) is 0 Å². The summed E-state index contributed by atoms with van der Waals surface area (Å²) in [5.41, 5.74) is 2.45. The lowest BCUT2D eigenvalue weighted by molar-refractivity contribution is 0.0690. The van der Waals surface area contributed by atoms with Crippen LogP contribution in [0.3, 0.4) is 0 Å². The molecule has 4 nitrogen and oxygen atoms in total. The summed E-state index contributed by atoms with van der Waals surface area (Å²) < 4.78 is 0. The monoisotopic (exact) mass is 329 g/mol. The summed E-state index contributed by atoms with van der Waals surface area (Å²) in [7, 11) is 0. The van der Waals surface area contributed by atoms with Crippen molar-refractivity contribution in [1.82, 2.24) is 5.32 Å². The maximum Gasteiger partial charge on any atom is 0.336 e. The van der Waals surface area contributed by atoms with E-state index in [9.17, 15) is 14.7 Å². The summed E-state index contributed by atoms with van der Waals surface area (Å²) >= 11 is 4.30. The maximum atomic E-state index is 12.4. The molecule has 0 fully saturated rings. The third-order valence-electron chi connectivity index (χ3n) is 3.69. The van der Waals surface area contributed by atoms with Crippen LogP contribution in [0.15, 0.2) is 48.5 Å². The average molecular weight is 329 g/mol. The van der Waals surface area contributed by atoms with Crippen molar-refractivity contribution >= 4 is 24.5 Å². The molecule has 0 spiro atoms. The van der Waals surface area contributed by atoms with Crippen molar-refractivity contribution in [1.29, 1.82) is 0 Å². The number of carbonyl (C=O) groups is 2. The van der Waals surface area contributed by atoms with Crippen LogP contribution in [-0.4, -0.2) is 28.8 Å². The van der Waals surface area contributed by atoms with Crippen LogP contribution < -0.4 is 5.32 Å². The molecule has 0 saturated heterocycles. The van der Waals surface area contributed by atoms with Gasteiger partial charge in [-0.05, 0) is 36.6 Å². The first-order valence-electron chi connectivity index (χ1n) is 7.31. The second-order valence-corrected chi connectivity index (χ2v) is 5.70. The fraction of sp³-hybridized carbons (Fsp3) is 0.222. The summed E-state index contributed by atoms with van der Waals surface area (Å²) in [5, 5.41) is 12.1. The molecule has 2 aromatic rings. The number of carboxylic acid groups (broad SMARTS) is 1. The summed E-state index contributed by atoms with van der Waals surface area (Å²) in [6, 6.07) is 14.0. The lowest BCUT2D eigenvalue weighted by Gasteiger charge is -2.18. The lowest BCUT2D eigenvalue weighted by atomic mass is 10.0. The predicted octanol–water partition coefficient (Wildman–Crippen LogP) is 2.96. The molecule has 2 aromatic carbocycles. The molecular formula is C18H19NO3S. The quantitative estimate of drug-likeness (QED) is 0.714. The topological polar surface area (TPSA) is 66.4 Å². The van der Waals surface area contributed by atoms with Gasteiger partial charge < -0.3 is 10.4 Å². The van der Waals surface area contributed by atoms with Crippen molar-refractivity contribution in [3.8, 4) is 0 Å². The Morgan fingerprint density at radius 2 is 1.70 bits per heavy atom. The van der Waals surface area contributed by atoms with E-state index in [0.29, 0.717) is 12.2 Å². The van der Waals surface area contributed by atoms with Gasteiger partial charge in [-0.3, -0.25) is 4.79 Å². The van der Waals surface area contributed by atoms with E-state index in [-0.39, 0.29) is 17.2 Å². The number of aryl methyl sites for hydroxylation is 1. The molecule has 0 saturated carbocycles. The molecule has 0 bridgehead atoms. The lowest BCUT2D eigenvalue weighted by Crippen LogP contribution is -2.38. The van der Waals surface area contributed by atoms with Crippen molar-refractivity contribution in [2.24, 2.45) is 0 Å². The first-order valence-corrected chi connectivity index (χ1v) is 7.94. The molecule has 0 aliphatic carbocycles. The minimum atomic E-state index is -1.11. The minimum Gasteiger partial charge on any atom is -0.478 e. The zero-order valence-electron chi connectivity index (χ0n) is 12.8. The first kappa shape index (κ1) is 17.1. The second-order valence-electron chi connectivity index (χ2n) is 5.33. The molecular weight excluding hydrogens is 310 g/mol. The van der Waals surface area contributed by atoms with Gasteiger partial charge in [-0.25, -0.2) is 4.79 Å². The van der Waals surface area contributed by atoms with E-state index in [2.05, 4.69) is 17.9 Å². The van der Waals surface area contributed by atoms with Crippen LogP contribution in [0, 0.1) is 6.92 Å². The number of aromatic carboxylic acids is 1. The Bertz CT molecular complexity index is 715. The van der Waals surface area contributed by atoms with Crippen molar-refractivity contribution < 1.29 is 14.7 Å². The number of rotatable bonds is 6. The molecule has 0 heterocycles. The van der Waals surface area contributed by atoms with Crippen molar-refractivity contribution in [3.63, 3.8) is 0 Å². The molecule has 0 aliphatic heterocycles. The highest BCUT2D eigenvalue weighted by molar-refractivity contribution is 7.80. The van der Waals surface area contributed by atoms with Gasteiger partial charge in [0.1, 0.15) is 0 Å². The van der Waals surface area contributed by atoms with Crippen molar-refractivity contribution in [2.75, 3.05) is 5.75 Å². The third kappa shape index (κ3) is 4.36. The number of amides is 1. The molecule has 23 heavy (non-hydrogen) atoms. The van der Waals surface area contributed by atoms with Gasteiger partial charge in [0.15, 0.2) is 0 Å². The highest BCUT2D eigenvalue weighted by Gasteiger charge is 2.19. The second kappa shape index (κ2) is 7.83. The number of hydrogen-bond donors (Lipinski definition) is 3. The van der Waals surface area contributed by atoms with Gasteiger partial charge in [0, 0.05) is 11.8 Å². The zero-order valence-corrected chi connectivity index (χ0v) is 13.7. The highest BCUT2D eigenvalue weighted by atomic mass is 32.1. The van der Waals surface area contributed by atoms with Crippen LogP contribution in [0.2, 0.25) is 0 Å². The van der Waals surface area contributed by atoms with Gasteiger partial charge in [-0.1, -0.05) is 36.4 Å². The molecule has 5 heteroatoms. The standard InChI is InChI=1S/C18H19NO3S/c1-12-6-2-3-7-13(12)10-14(11-23)19-17(20)15-8-4-5-9-16(15)18(21)22/h2-9,14,23H,10-11H2,1H3,(H,19,20)(H,21,22). The van der Waals surface area contributed by atoms with Crippen LogP contribution >= 0.6 is 12.6 Å². The molecule has 2 N–H and O–H groups in total. The molecule has 0 aromatic heterocycles. The molecule has 0 aliphatic rings. The normalized spacial score (nSPS) is 11.7. The van der Waals surface area contributed by atoms with Crippen molar-refractivity contribution in [3.05, 3.63) is 70.8 Å². The van der Waals surface area contributed by atoms with E-state index in [1.807, 2.05) is 31.2 Å². The van der Waals surface area contributed by atoms with E-state index in [1.165, 1.54) is 12.1 Å². The van der Waals surface area contributed by atoms with Crippen LogP contribution in [0.25, 0.3) is 0 Å². The maximum absolute atomic E-state index is 12.4. The molecule has 1 amide bonds. The van der Waals surface area contributed by atoms with Crippen LogP contribution in [0.1, 0.15) is 31.8 Å². The van der Waals surface area contributed by atoms with Crippen LogP contribution in [0.4, 0.5) is 0 Å². The summed E-state index contributed by atoms with van der Waals surface area (Å²) in [6.45, 7) is 2.02. The Kier molecular flexibility index (Phi) is 5.82. The minimum absolute atomic E-state index is 0.00111. The fourth-order valence-electron chi connectivity index (χ4n) is 2.40. The number of hydrogen-bond acceptors (Lipinski definition) is 3. The summed E-state index contributed by atoms with van der Waals surface area (Å²) in [5.74, 6) is -1.04. The van der Waals surface area contributed by atoms with E-state index < -0.39 is 11.9 Å². The Hall–Kier alpha value is -2.27. The van der Waals surface area contributed by atoms with E-state index in [1.54, 1.807) is 12.1 Å². The number of thiol groups is 1. The van der Waals surface area contributed by atoms with Crippen LogP contribution in [-0.2, 0) is 6.42 Å². The third-order valence-corrected chi connectivity index (χ3v) is 4.13. The largest absolute Gasteiger partial charge is 0.478 e. The average Bonchev–Trinajstić information content (AvgIpc) is 2.56. The first-order chi connectivity index (χ1) is 11.0. The number of nitrogens with one attached hydrogen (secondary N) is 1. The van der Waals surface area contributed by atoms with Gasteiger partial charge in [0.2, 0.25) is 0 Å². The Morgan fingerprint density at radius 3 is 2.30 bits per heavy atom. The van der Waals surface area contributed by atoms with E-state index in [4.69, 9.17) is 0 Å². The van der Waals surface area contributed by atoms with Gasteiger partial charge in [0.25, 0.3) is 5.91 Å². The van der Waals surface area contributed by atoms with E-state index >= 15 is 0 Å². The smallest absolute Gasteiger partial charge is 0.336 e. The SMILES string of the molecule is Cc1ccccc1CC(CS)NC(=O)c1ccccc1C(=O)O. The van der Waals surface area contributed by atoms with Gasteiger partial charge >= 0.3 is 5.97 Å². The predicted molar refractivity (Wildman–Crippen MR) is 93.4 cm³/mol. The molecule has 0 radical (unpaired) electrons. The molecule has 2 rings (SSSR count). The molecule has 1 unspecified atom stereocenters. The fourth-order valence-corrected chi connectivity index (χ4v) is 2.62. The Labute approximate surface area is 141 Å². The van der Waals surface area contributed by atoms with E-state index in [0.717, 1.165) is 11.1 Å². The zero-order chi connectivity index (χ0) is 16.8. The molecule has 1 atom stereocenters. The number of benzene rings is 2. The highest BCUT2D eigenvalue weighted by Crippen LogP contribution is 2.13. The Morgan fingerprint density at radius 1 is 1.09 bits per heavy atom. The summed E-state index contributed by atoms with van der Waals surface area (Å²) in [6.07, 6.45) is 0.650. The van der Waals surface area contributed by atoms with Gasteiger partial charge in [0.05, 0.1) is 11.1 Å². The number of carbonyl (C=O) groups excluding carboxylic acids is 1.